The fourth-order valence-electron chi connectivity index (χ4n) is 2.80. The van der Waals surface area contributed by atoms with E-state index in [1.807, 2.05) is 11.9 Å². The summed E-state index contributed by atoms with van der Waals surface area (Å²) in [4.78, 5) is 14.4. The van der Waals surface area contributed by atoms with Crippen molar-refractivity contribution in [3.63, 3.8) is 0 Å². The molecule has 0 spiro atoms. The maximum absolute atomic E-state index is 12.4. The van der Waals surface area contributed by atoms with Crippen LogP contribution in [0.2, 0.25) is 0 Å². The first kappa shape index (κ1) is 11.9. The molecule has 1 N–H and O–H groups in total. The summed E-state index contributed by atoms with van der Waals surface area (Å²) in [6.07, 6.45) is 5.96. The highest BCUT2D eigenvalue weighted by Gasteiger charge is 2.37. The SMILES string of the molecule is CN(CC1CCC1)C(=O)C1(C)CCNCC1. The molecule has 0 atom stereocenters. The number of piperidine rings is 1. The van der Waals surface area contributed by atoms with Gasteiger partial charge in [0.1, 0.15) is 0 Å². The molecular formula is C13H24N2O. The molecule has 0 aromatic carbocycles. The van der Waals surface area contributed by atoms with Crippen LogP contribution >= 0.6 is 0 Å². The summed E-state index contributed by atoms with van der Waals surface area (Å²) in [5, 5.41) is 3.33. The van der Waals surface area contributed by atoms with E-state index in [2.05, 4.69) is 12.2 Å². The molecule has 1 aliphatic carbocycles. The zero-order chi connectivity index (χ0) is 11.6. The van der Waals surface area contributed by atoms with Gasteiger partial charge in [0.05, 0.1) is 0 Å². The Bertz CT molecular complexity index is 255. The average Bonchev–Trinajstić information content (AvgIpc) is 2.23. The number of hydrogen-bond acceptors (Lipinski definition) is 2. The summed E-state index contributed by atoms with van der Waals surface area (Å²) in [6, 6.07) is 0. The molecule has 92 valence electrons. The van der Waals surface area contributed by atoms with E-state index in [0.29, 0.717) is 5.91 Å². The van der Waals surface area contributed by atoms with Crippen molar-refractivity contribution in [1.82, 2.24) is 10.2 Å². The Kier molecular flexibility index (Phi) is 3.53. The molecule has 0 aromatic heterocycles. The van der Waals surface area contributed by atoms with E-state index in [1.54, 1.807) is 0 Å². The number of hydrogen-bond donors (Lipinski definition) is 1. The Morgan fingerprint density at radius 2 is 2.00 bits per heavy atom. The van der Waals surface area contributed by atoms with Crippen LogP contribution in [-0.4, -0.2) is 37.5 Å². The van der Waals surface area contributed by atoms with Gasteiger partial charge in [0.25, 0.3) is 0 Å². The van der Waals surface area contributed by atoms with E-state index in [-0.39, 0.29) is 5.41 Å². The zero-order valence-electron chi connectivity index (χ0n) is 10.6. The Balaban J connectivity index is 1.88. The van der Waals surface area contributed by atoms with Crippen LogP contribution in [0, 0.1) is 11.3 Å². The maximum Gasteiger partial charge on any atom is 0.228 e. The van der Waals surface area contributed by atoms with Crippen LogP contribution in [0.3, 0.4) is 0 Å². The molecule has 3 heteroatoms. The second-order valence-electron chi connectivity index (χ2n) is 5.79. The van der Waals surface area contributed by atoms with Crippen molar-refractivity contribution < 1.29 is 4.79 Å². The highest BCUT2D eigenvalue weighted by Crippen LogP contribution is 2.32. The highest BCUT2D eigenvalue weighted by molar-refractivity contribution is 5.82. The molecule has 3 nitrogen and oxygen atoms in total. The molecule has 0 bridgehead atoms. The molecule has 2 rings (SSSR count). The molecule has 1 heterocycles. The van der Waals surface area contributed by atoms with Gasteiger partial charge in [0, 0.05) is 19.0 Å². The van der Waals surface area contributed by atoms with Gasteiger partial charge < -0.3 is 10.2 Å². The molecule has 2 aliphatic rings. The quantitative estimate of drug-likeness (QED) is 0.790. The first-order chi connectivity index (χ1) is 7.62. The van der Waals surface area contributed by atoms with E-state index < -0.39 is 0 Å². The van der Waals surface area contributed by atoms with Gasteiger partial charge in [0.15, 0.2) is 0 Å². The Morgan fingerprint density at radius 1 is 1.38 bits per heavy atom. The molecule has 1 aliphatic heterocycles. The third kappa shape index (κ3) is 2.40. The molecule has 1 saturated carbocycles. The van der Waals surface area contributed by atoms with E-state index in [0.717, 1.165) is 38.4 Å². The maximum atomic E-state index is 12.4. The lowest BCUT2D eigenvalue weighted by Crippen LogP contribution is -2.48. The second-order valence-corrected chi connectivity index (χ2v) is 5.79. The third-order valence-corrected chi connectivity index (χ3v) is 4.33. The molecule has 0 radical (unpaired) electrons. The van der Waals surface area contributed by atoms with Crippen LogP contribution in [0.1, 0.15) is 39.0 Å². The summed E-state index contributed by atoms with van der Waals surface area (Å²) in [5.74, 6) is 1.14. The van der Waals surface area contributed by atoms with E-state index in [4.69, 9.17) is 0 Å². The average molecular weight is 224 g/mol. The molecule has 0 unspecified atom stereocenters. The molecular weight excluding hydrogens is 200 g/mol. The van der Waals surface area contributed by atoms with Crippen molar-refractivity contribution >= 4 is 5.91 Å². The number of nitrogens with one attached hydrogen (secondary N) is 1. The molecule has 2 fully saturated rings. The van der Waals surface area contributed by atoms with Gasteiger partial charge in [-0.1, -0.05) is 13.3 Å². The summed E-state index contributed by atoms with van der Waals surface area (Å²) >= 11 is 0. The summed E-state index contributed by atoms with van der Waals surface area (Å²) in [5.41, 5.74) is -0.107. The van der Waals surface area contributed by atoms with Crippen molar-refractivity contribution in [3.05, 3.63) is 0 Å². The Hall–Kier alpha value is -0.570. The van der Waals surface area contributed by atoms with Gasteiger partial charge in [-0.05, 0) is 44.7 Å². The molecule has 1 saturated heterocycles. The first-order valence-electron chi connectivity index (χ1n) is 6.58. The van der Waals surface area contributed by atoms with Crippen LogP contribution in [0.15, 0.2) is 0 Å². The predicted molar refractivity (Wildman–Crippen MR) is 65.2 cm³/mol. The van der Waals surface area contributed by atoms with Gasteiger partial charge in [-0.25, -0.2) is 0 Å². The Morgan fingerprint density at radius 3 is 2.50 bits per heavy atom. The number of nitrogens with zero attached hydrogens (tertiary/aromatic N) is 1. The lowest BCUT2D eigenvalue weighted by atomic mass is 9.79. The van der Waals surface area contributed by atoms with Crippen molar-refractivity contribution in [2.75, 3.05) is 26.7 Å². The number of carbonyl (C=O) groups is 1. The largest absolute Gasteiger partial charge is 0.345 e. The van der Waals surface area contributed by atoms with Gasteiger partial charge in [-0.3, -0.25) is 4.79 Å². The summed E-state index contributed by atoms with van der Waals surface area (Å²) in [7, 11) is 1.98. The highest BCUT2D eigenvalue weighted by atomic mass is 16.2. The normalized spacial score (nSPS) is 24.9. The lowest BCUT2D eigenvalue weighted by Gasteiger charge is -2.38. The number of amides is 1. The van der Waals surface area contributed by atoms with Crippen LogP contribution in [0.25, 0.3) is 0 Å². The number of rotatable bonds is 3. The molecule has 16 heavy (non-hydrogen) atoms. The minimum atomic E-state index is -0.107. The van der Waals surface area contributed by atoms with Gasteiger partial charge in [-0.2, -0.15) is 0 Å². The van der Waals surface area contributed by atoms with E-state index in [9.17, 15) is 4.79 Å². The van der Waals surface area contributed by atoms with Crippen molar-refractivity contribution in [3.8, 4) is 0 Å². The second kappa shape index (κ2) is 4.74. The molecule has 0 aromatic rings. The van der Waals surface area contributed by atoms with Crippen LogP contribution in [0.5, 0.6) is 0 Å². The summed E-state index contributed by atoms with van der Waals surface area (Å²) in [6.45, 7) is 5.08. The smallest absolute Gasteiger partial charge is 0.228 e. The number of carbonyl (C=O) groups excluding carboxylic acids is 1. The third-order valence-electron chi connectivity index (χ3n) is 4.33. The fraction of sp³-hybridized carbons (Fsp3) is 0.923. The van der Waals surface area contributed by atoms with E-state index >= 15 is 0 Å². The Labute approximate surface area is 98.6 Å². The lowest BCUT2D eigenvalue weighted by molar-refractivity contribution is -0.142. The predicted octanol–water partition coefficient (Wildman–Crippen LogP) is 1.63. The van der Waals surface area contributed by atoms with Gasteiger partial charge in [-0.15, -0.1) is 0 Å². The van der Waals surface area contributed by atoms with Crippen LogP contribution in [-0.2, 0) is 4.79 Å². The first-order valence-corrected chi connectivity index (χ1v) is 6.58. The van der Waals surface area contributed by atoms with Crippen LogP contribution in [0.4, 0.5) is 0 Å². The zero-order valence-corrected chi connectivity index (χ0v) is 10.6. The van der Waals surface area contributed by atoms with Crippen LogP contribution < -0.4 is 5.32 Å². The fourth-order valence-corrected chi connectivity index (χ4v) is 2.80. The topological polar surface area (TPSA) is 32.3 Å². The van der Waals surface area contributed by atoms with Crippen molar-refractivity contribution in [2.45, 2.75) is 39.0 Å². The van der Waals surface area contributed by atoms with Crippen molar-refractivity contribution in [1.29, 1.82) is 0 Å². The molecule has 1 amide bonds. The monoisotopic (exact) mass is 224 g/mol. The standard InChI is InChI=1S/C13H24N2O/c1-13(6-8-14-9-7-13)12(16)15(2)10-11-4-3-5-11/h11,14H,3-10H2,1-2H3. The summed E-state index contributed by atoms with van der Waals surface area (Å²) < 4.78 is 0. The van der Waals surface area contributed by atoms with E-state index in [1.165, 1.54) is 19.3 Å². The van der Waals surface area contributed by atoms with Crippen molar-refractivity contribution in [2.24, 2.45) is 11.3 Å². The van der Waals surface area contributed by atoms with Gasteiger partial charge in [0.2, 0.25) is 5.91 Å². The van der Waals surface area contributed by atoms with Gasteiger partial charge >= 0.3 is 0 Å². The minimum absolute atomic E-state index is 0.107. The minimum Gasteiger partial charge on any atom is -0.345 e.